The number of esters is 1. The third kappa shape index (κ3) is 6.45. The van der Waals surface area contributed by atoms with Gasteiger partial charge in [0.1, 0.15) is 0 Å². The molecule has 0 unspecified atom stereocenters. The van der Waals surface area contributed by atoms with Crippen molar-refractivity contribution in [2.45, 2.75) is 70.4 Å². The molecule has 1 amide bonds. The van der Waals surface area contributed by atoms with E-state index in [4.69, 9.17) is 4.74 Å². The second-order valence-electron chi connectivity index (χ2n) is 8.55. The van der Waals surface area contributed by atoms with Crippen LogP contribution in [-0.2, 0) is 19.4 Å². The molecule has 2 aliphatic rings. The normalized spacial score (nSPS) is 20.9. The molecule has 1 atom stereocenters. The number of ether oxygens (including phenoxy) is 1. The molecule has 1 aromatic carbocycles. The van der Waals surface area contributed by atoms with Gasteiger partial charge >= 0.3 is 5.97 Å². The Kier molecular flexibility index (Phi) is 8.35. The fraction of sp³-hybridized carbons (Fsp3) is 0.652. The highest BCUT2D eigenvalue weighted by molar-refractivity contribution is 7.91. The van der Waals surface area contributed by atoms with Gasteiger partial charge in [0.15, 0.2) is 16.4 Å². The third-order valence-corrected chi connectivity index (χ3v) is 7.93. The van der Waals surface area contributed by atoms with Gasteiger partial charge in [-0.05, 0) is 37.8 Å². The Bertz CT molecular complexity index is 864. The Morgan fingerprint density at radius 1 is 1.10 bits per heavy atom. The first-order chi connectivity index (χ1) is 14.9. The van der Waals surface area contributed by atoms with Crippen LogP contribution in [0.2, 0.25) is 0 Å². The summed E-state index contributed by atoms with van der Waals surface area (Å²) in [5.74, 6) is -0.715. The molecule has 172 valence electrons. The summed E-state index contributed by atoms with van der Waals surface area (Å²) >= 11 is 0. The highest BCUT2D eigenvalue weighted by atomic mass is 32.2. The molecule has 0 radical (unpaired) electrons. The molecule has 3 rings (SSSR count). The lowest BCUT2D eigenvalue weighted by Crippen LogP contribution is -2.50. The van der Waals surface area contributed by atoms with Gasteiger partial charge in [0.25, 0.3) is 5.91 Å². The van der Waals surface area contributed by atoms with Crippen molar-refractivity contribution < 1.29 is 22.7 Å². The number of hydrogen-bond acceptors (Lipinski definition) is 6. The monoisotopic (exact) mass is 450 g/mol. The number of amides is 1. The van der Waals surface area contributed by atoms with E-state index in [1.54, 1.807) is 17.0 Å². The highest BCUT2D eigenvalue weighted by Crippen LogP contribution is 2.28. The van der Waals surface area contributed by atoms with Crippen molar-refractivity contribution in [3.63, 3.8) is 0 Å². The van der Waals surface area contributed by atoms with Crippen molar-refractivity contribution in [1.82, 2.24) is 4.90 Å². The third-order valence-electron chi connectivity index (χ3n) is 6.18. The topological polar surface area (TPSA) is 92.8 Å². The molecule has 7 nitrogen and oxygen atoms in total. The van der Waals surface area contributed by atoms with Crippen LogP contribution in [0.4, 0.5) is 5.69 Å². The Balaban J connectivity index is 1.66. The number of rotatable bonds is 9. The summed E-state index contributed by atoms with van der Waals surface area (Å²) in [5.41, 5.74) is 1.10. The van der Waals surface area contributed by atoms with Crippen LogP contribution in [0.1, 0.15) is 68.6 Å². The number of sulfone groups is 1. The Labute approximate surface area is 185 Å². The molecule has 0 bridgehead atoms. The minimum Gasteiger partial charge on any atom is -0.452 e. The summed E-state index contributed by atoms with van der Waals surface area (Å²) in [5, 5.41) is 3.25. The van der Waals surface area contributed by atoms with Gasteiger partial charge in [0, 0.05) is 24.3 Å². The van der Waals surface area contributed by atoms with Crippen molar-refractivity contribution in [2.24, 2.45) is 0 Å². The molecule has 2 fully saturated rings. The van der Waals surface area contributed by atoms with Crippen molar-refractivity contribution in [3.05, 3.63) is 29.8 Å². The molecule has 1 saturated carbocycles. The number of carbonyl (C=O) groups is 2. The number of carbonyl (C=O) groups excluding carboxylic acids is 2. The average molecular weight is 451 g/mol. The second kappa shape index (κ2) is 11.0. The molecule has 0 aromatic heterocycles. The zero-order valence-corrected chi connectivity index (χ0v) is 19.2. The van der Waals surface area contributed by atoms with E-state index in [9.17, 15) is 18.0 Å². The number of benzene rings is 1. The van der Waals surface area contributed by atoms with Crippen molar-refractivity contribution in [1.29, 1.82) is 0 Å². The number of nitrogens with zero attached hydrogens (tertiary/aromatic N) is 1. The number of unbranched alkanes of at least 4 members (excludes halogenated alkanes) is 1. The summed E-state index contributed by atoms with van der Waals surface area (Å²) in [7, 11) is -3.11. The minimum absolute atomic E-state index is 0.00731. The fourth-order valence-corrected chi connectivity index (χ4v) is 6.27. The maximum absolute atomic E-state index is 13.1. The van der Waals surface area contributed by atoms with E-state index in [0.29, 0.717) is 17.7 Å². The van der Waals surface area contributed by atoms with E-state index < -0.39 is 15.8 Å². The summed E-state index contributed by atoms with van der Waals surface area (Å²) in [4.78, 5) is 27.5. The molecule has 8 heteroatoms. The van der Waals surface area contributed by atoms with Crippen molar-refractivity contribution in [3.8, 4) is 0 Å². The van der Waals surface area contributed by atoms with Crippen LogP contribution in [0.15, 0.2) is 24.3 Å². The van der Waals surface area contributed by atoms with Crippen molar-refractivity contribution in [2.75, 3.05) is 30.0 Å². The number of hydrogen-bond donors (Lipinski definition) is 1. The van der Waals surface area contributed by atoms with Gasteiger partial charge in [-0.15, -0.1) is 0 Å². The smallest absolute Gasteiger partial charge is 0.340 e. The molecule has 1 saturated heterocycles. The maximum Gasteiger partial charge on any atom is 0.340 e. The molecule has 1 aliphatic carbocycles. The lowest BCUT2D eigenvalue weighted by atomic mass is 9.93. The molecule has 1 heterocycles. The van der Waals surface area contributed by atoms with Gasteiger partial charge in [-0.1, -0.05) is 44.7 Å². The molecular formula is C23H34N2O5S. The van der Waals surface area contributed by atoms with Crippen molar-refractivity contribution >= 4 is 27.4 Å². The van der Waals surface area contributed by atoms with Gasteiger partial charge in [0.2, 0.25) is 0 Å². The first-order valence-electron chi connectivity index (χ1n) is 11.4. The van der Waals surface area contributed by atoms with E-state index >= 15 is 0 Å². The number of para-hydroxylation sites is 1. The van der Waals surface area contributed by atoms with Crippen LogP contribution in [0, 0.1) is 0 Å². The summed E-state index contributed by atoms with van der Waals surface area (Å²) < 4.78 is 29.4. The van der Waals surface area contributed by atoms with Crippen LogP contribution in [0.3, 0.4) is 0 Å². The Hall–Kier alpha value is -2.09. The molecule has 31 heavy (non-hydrogen) atoms. The molecular weight excluding hydrogens is 416 g/mol. The van der Waals surface area contributed by atoms with E-state index in [-0.39, 0.29) is 36.1 Å². The van der Waals surface area contributed by atoms with E-state index in [0.717, 1.165) is 51.5 Å². The molecule has 0 spiro atoms. The quantitative estimate of drug-likeness (QED) is 0.458. The first-order valence-corrected chi connectivity index (χ1v) is 13.2. The molecule has 1 aromatic rings. The Morgan fingerprint density at radius 2 is 1.84 bits per heavy atom. The first kappa shape index (κ1) is 23.6. The largest absolute Gasteiger partial charge is 0.452 e. The lowest BCUT2D eigenvalue weighted by Gasteiger charge is -2.38. The van der Waals surface area contributed by atoms with Crippen LogP contribution >= 0.6 is 0 Å². The average Bonchev–Trinajstić information content (AvgIpc) is 3.12. The standard InChI is InChI=1S/C23H34N2O5S/c1-2-3-14-24-21-12-8-7-11-20(21)23(27)30-16-22(26)25(18-9-5-4-6-10-18)19-13-15-31(28,29)17-19/h7-8,11-12,18-19,24H,2-6,9-10,13-17H2,1H3/t19-/m0/s1. The maximum atomic E-state index is 13.1. The van der Waals surface area contributed by atoms with Gasteiger partial charge in [0.05, 0.1) is 17.1 Å². The summed E-state index contributed by atoms with van der Waals surface area (Å²) in [6.07, 6.45) is 7.45. The van der Waals surface area contributed by atoms with Crippen LogP contribution in [-0.4, -0.2) is 61.9 Å². The van der Waals surface area contributed by atoms with Crippen LogP contribution in [0.25, 0.3) is 0 Å². The fourth-order valence-electron chi connectivity index (χ4n) is 4.55. The zero-order chi connectivity index (χ0) is 22.3. The van der Waals surface area contributed by atoms with Crippen LogP contribution < -0.4 is 5.32 Å². The van der Waals surface area contributed by atoms with Gasteiger partial charge < -0.3 is 15.0 Å². The van der Waals surface area contributed by atoms with E-state index in [2.05, 4.69) is 12.2 Å². The van der Waals surface area contributed by atoms with E-state index in [1.165, 1.54) is 0 Å². The van der Waals surface area contributed by atoms with Gasteiger partial charge in [-0.3, -0.25) is 4.79 Å². The zero-order valence-electron chi connectivity index (χ0n) is 18.3. The molecule has 1 aliphatic heterocycles. The SMILES string of the molecule is CCCCNc1ccccc1C(=O)OCC(=O)N(C1CCCCC1)[C@H]1CCS(=O)(=O)C1. The summed E-state index contributed by atoms with van der Waals surface area (Å²) in [6.45, 7) is 2.49. The minimum atomic E-state index is -3.11. The lowest BCUT2D eigenvalue weighted by molar-refractivity contribution is -0.140. The second-order valence-corrected chi connectivity index (χ2v) is 10.8. The van der Waals surface area contributed by atoms with Crippen LogP contribution in [0.5, 0.6) is 0 Å². The number of anilines is 1. The predicted molar refractivity (Wildman–Crippen MR) is 121 cm³/mol. The highest BCUT2D eigenvalue weighted by Gasteiger charge is 2.38. The predicted octanol–water partition coefficient (Wildman–Crippen LogP) is 3.40. The van der Waals surface area contributed by atoms with E-state index in [1.807, 2.05) is 12.1 Å². The van der Waals surface area contributed by atoms with Gasteiger partial charge in [-0.25, -0.2) is 13.2 Å². The molecule has 1 N–H and O–H groups in total. The summed E-state index contributed by atoms with van der Waals surface area (Å²) in [6, 6.07) is 6.83. The number of nitrogens with one attached hydrogen (secondary N) is 1. The Morgan fingerprint density at radius 3 is 2.52 bits per heavy atom. The van der Waals surface area contributed by atoms with Gasteiger partial charge in [-0.2, -0.15) is 0 Å².